The Morgan fingerprint density at radius 3 is 2.28 bits per heavy atom. The standard InChI is InChI=1S/C29H24N4OS2/c1-3-8-21(4-2)34-26-10-6-5-9-23(26)33-24(28-11-7-16-35-28)12-13-25(33)29-15-14-27(36-29)22(19-32)20(17-30)18-31/h5-7,9-16,21H,3-4,8H2,1-2H3. The molecule has 0 radical (unpaired) electrons. The fourth-order valence-electron chi connectivity index (χ4n) is 4.08. The number of allylic oxidation sites excluding steroid dienone is 2. The molecule has 3 aromatic heterocycles. The highest BCUT2D eigenvalue weighted by Gasteiger charge is 2.21. The fraction of sp³-hybridized carbons (Fsp3) is 0.207. The first kappa shape index (κ1) is 25.0. The molecule has 0 fully saturated rings. The van der Waals surface area contributed by atoms with Gasteiger partial charge in [0, 0.05) is 4.88 Å². The monoisotopic (exact) mass is 508 g/mol. The van der Waals surface area contributed by atoms with Crippen molar-refractivity contribution in [1.29, 1.82) is 15.8 Å². The Labute approximate surface area is 219 Å². The molecule has 7 heteroatoms. The van der Waals surface area contributed by atoms with Crippen LogP contribution in [0.1, 0.15) is 38.0 Å². The van der Waals surface area contributed by atoms with Crippen LogP contribution in [0.25, 0.3) is 32.4 Å². The Morgan fingerprint density at radius 1 is 0.889 bits per heavy atom. The summed E-state index contributed by atoms with van der Waals surface area (Å²) in [4.78, 5) is 2.64. The maximum atomic E-state index is 9.62. The number of rotatable bonds is 9. The van der Waals surface area contributed by atoms with E-state index in [-0.39, 0.29) is 17.3 Å². The molecule has 3 heterocycles. The number of ether oxygens (including phenoxy) is 1. The first-order valence-electron chi connectivity index (χ1n) is 11.7. The number of benzene rings is 1. The summed E-state index contributed by atoms with van der Waals surface area (Å²) in [6.07, 6.45) is 3.10. The van der Waals surface area contributed by atoms with Crippen molar-refractivity contribution in [1.82, 2.24) is 4.57 Å². The number of hydrogen-bond donors (Lipinski definition) is 0. The minimum atomic E-state index is -0.180. The van der Waals surface area contributed by atoms with Crippen LogP contribution in [0.4, 0.5) is 0 Å². The highest BCUT2D eigenvalue weighted by atomic mass is 32.1. The third-order valence-electron chi connectivity index (χ3n) is 5.81. The van der Waals surface area contributed by atoms with Crippen molar-refractivity contribution in [3.05, 3.63) is 76.5 Å². The second-order valence-corrected chi connectivity index (χ2v) is 10.1. The summed E-state index contributed by atoms with van der Waals surface area (Å²) in [6.45, 7) is 4.31. The lowest BCUT2D eigenvalue weighted by Crippen LogP contribution is -2.16. The van der Waals surface area contributed by atoms with Crippen molar-refractivity contribution in [3.8, 4) is 50.8 Å². The Balaban J connectivity index is 1.89. The summed E-state index contributed by atoms with van der Waals surface area (Å²) in [6, 6.07) is 25.8. The van der Waals surface area contributed by atoms with Gasteiger partial charge in [-0.2, -0.15) is 15.8 Å². The van der Waals surface area contributed by atoms with Gasteiger partial charge in [-0.15, -0.1) is 22.7 Å². The zero-order valence-corrected chi connectivity index (χ0v) is 21.7. The van der Waals surface area contributed by atoms with Gasteiger partial charge in [-0.05, 0) is 60.7 Å². The van der Waals surface area contributed by atoms with Gasteiger partial charge in [0.05, 0.1) is 38.5 Å². The maximum Gasteiger partial charge on any atom is 0.148 e. The Kier molecular flexibility index (Phi) is 8.03. The van der Waals surface area contributed by atoms with Gasteiger partial charge in [-0.3, -0.25) is 0 Å². The Morgan fingerprint density at radius 2 is 1.64 bits per heavy atom. The number of nitrogens with zero attached hydrogens (tertiary/aromatic N) is 4. The highest BCUT2D eigenvalue weighted by molar-refractivity contribution is 7.16. The summed E-state index contributed by atoms with van der Waals surface area (Å²) < 4.78 is 8.70. The third-order valence-corrected chi connectivity index (χ3v) is 7.83. The van der Waals surface area contributed by atoms with Gasteiger partial charge >= 0.3 is 0 Å². The van der Waals surface area contributed by atoms with Crippen LogP contribution in [0.3, 0.4) is 0 Å². The van der Waals surface area contributed by atoms with Crippen LogP contribution in [-0.4, -0.2) is 10.7 Å². The molecule has 0 N–H and O–H groups in total. The van der Waals surface area contributed by atoms with Crippen LogP contribution in [0.15, 0.2) is 71.6 Å². The number of para-hydroxylation sites is 2. The average molecular weight is 509 g/mol. The summed E-state index contributed by atoms with van der Waals surface area (Å²) in [5.74, 6) is 0.818. The molecule has 0 aliphatic rings. The predicted octanol–water partition coefficient (Wildman–Crippen LogP) is 8.22. The van der Waals surface area contributed by atoms with Gasteiger partial charge in [0.1, 0.15) is 29.5 Å². The molecule has 0 spiro atoms. The quantitative estimate of drug-likeness (QED) is 0.213. The second-order valence-electron chi connectivity index (χ2n) is 8.07. The zero-order valence-electron chi connectivity index (χ0n) is 20.1. The van der Waals surface area contributed by atoms with E-state index in [1.54, 1.807) is 17.4 Å². The SMILES string of the molecule is CCCC(CC)Oc1ccccc1-n1c(-c2cccs2)ccc1-c1ccc(C(C#N)=C(C#N)C#N)s1. The Hall–Kier alpha value is -4.09. The third kappa shape index (κ3) is 4.97. The van der Waals surface area contributed by atoms with E-state index in [9.17, 15) is 15.8 Å². The van der Waals surface area contributed by atoms with Gasteiger partial charge in [-0.1, -0.05) is 38.5 Å². The molecule has 0 saturated carbocycles. The van der Waals surface area contributed by atoms with Gasteiger partial charge in [0.2, 0.25) is 0 Å². The van der Waals surface area contributed by atoms with Gasteiger partial charge in [-0.25, -0.2) is 0 Å². The van der Waals surface area contributed by atoms with Crippen LogP contribution in [0.2, 0.25) is 0 Å². The smallest absolute Gasteiger partial charge is 0.148 e. The van der Waals surface area contributed by atoms with Crippen LogP contribution in [-0.2, 0) is 0 Å². The van der Waals surface area contributed by atoms with Gasteiger partial charge in [0.25, 0.3) is 0 Å². The molecule has 36 heavy (non-hydrogen) atoms. The molecule has 1 unspecified atom stereocenters. The molecule has 0 aliphatic heterocycles. The van der Waals surface area contributed by atoms with E-state index in [4.69, 9.17) is 4.74 Å². The number of thiophene rings is 2. The predicted molar refractivity (Wildman–Crippen MR) is 146 cm³/mol. The minimum absolute atomic E-state index is 0.0990. The largest absolute Gasteiger partial charge is 0.488 e. The van der Waals surface area contributed by atoms with E-state index in [0.29, 0.717) is 4.88 Å². The second kappa shape index (κ2) is 11.6. The summed E-state index contributed by atoms with van der Waals surface area (Å²) in [5, 5.41) is 30.2. The first-order valence-corrected chi connectivity index (χ1v) is 13.4. The first-order chi connectivity index (χ1) is 17.6. The van der Waals surface area contributed by atoms with E-state index in [2.05, 4.69) is 48.1 Å². The molecular weight excluding hydrogens is 484 g/mol. The van der Waals surface area contributed by atoms with E-state index in [0.717, 1.165) is 51.8 Å². The van der Waals surface area contributed by atoms with Crippen molar-refractivity contribution < 1.29 is 4.74 Å². The molecule has 0 saturated heterocycles. The number of aromatic nitrogens is 1. The van der Waals surface area contributed by atoms with E-state index in [1.807, 2.05) is 48.5 Å². The van der Waals surface area contributed by atoms with Crippen LogP contribution >= 0.6 is 22.7 Å². The molecule has 4 aromatic rings. The van der Waals surface area contributed by atoms with Crippen LogP contribution < -0.4 is 4.74 Å². The number of nitriles is 3. The van der Waals surface area contributed by atoms with Crippen molar-refractivity contribution in [3.63, 3.8) is 0 Å². The lowest BCUT2D eigenvalue weighted by Gasteiger charge is -2.21. The van der Waals surface area contributed by atoms with Crippen LogP contribution in [0.5, 0.6) is 5.75 Å². The van der Waals surface area contributed by atoms with Gasteiger partial charge < -0.3 is 9.30 Å². The Bertz CT molecular complexity index is 1490. The van der Waals surface area contributed by atoms with Gasteiger partial charge in [0.15, 0.2) is 0 Å². The normalized spacial score (nSPS) is 11.2. The molecule has 5 nitrogen and oxygen atoms in total. The lowest BCUT2D eigenvalue weighted by atomic mass is 10.1. The van der Waals surface area contributed by atoms with E-state index >= 15 is 0 Å². The van der Waals surface area contributed by atoms with Crippen molar-refractivity contribution in [2.24, 2.45) is 0 Å². The molecule has 0 aliphatic carbocycles. The highest BCUT2D eigenvalue weighted by Crippen LogP contribution is 2.41. The molecule has 0 bridgehead atoms. The summed E-state index contributed by atoms with van der Waals surface area (Å²) in [7, 11) is 0. The number of hydrogen-bond acceptors (Lipinski definition) is 6. The van der Waals surface area contributed by atoms with E-state index < -0.39 is 0 Å². The van der Waals surface area contributed by atoms with Crippen molar-refractivity contribution in [2.75, 3.05) is 0 Å². The van der Waals surface area contributed by atoms with Crippen molar-refractivity contribution in [2.45, 2.75) is 39.2 Å². The zero-order chi connectivity index (χ0) is 25.5. The molecule has 1 aromatic carbocycles. The van der Waals surface area contributed by atoms with Crippen LogP contribution in [0, 0.1) is 34.0 Å². The average Bonchev–Trinajstić information content (AvgIpc) is 3.67. The molecule has 178 valence electrons. The maximum absolute atomic E-state index is 9.62. The molecular formula is C29H24N4OS2. The van der Waals surface area contributed by atoms with E-state index in [1.165, 1.54) is 11.3 Å². The van der Waals surface area contributed by atoms with Crippen molar-refractivity contribution >= 4 is 28.2 Å². The lowest BCUT2D eigenvalue weighted by molar-refractivity contribution is 0.185. The molecule has 1 atom stereocenters. The fourth-order valence-corrected chi connectivity index (χ4v) is 5.84. The minimum Gasteiger partial charge on any atom is -0.488 e. The molecule has 0 amide bonds. The topological polar surface area (TPSA) is 85.5 Å². The summed E-state index contributed by atoms with van der Waals surface area (Å²) >= 11 is 3.06. The molecule has 4 rings (SSSR count). The summed E-state index contributed by atoms with van der Waals surface area (Å²) in [5.41, 5.74) is 2.85.